The van der Waals surface area contributed by atoms with Gasteiger partial charge in [0, 0.05) is 5.39 Å². The van der Waals surface area contributed by atoms with E-state index in [1.807, 2.05) is 24.3 Å². The van der Waals surface area contributed by atoms with Crippen LogP contribution in [0.5, 0.6) is 5.88 Å². The number of azo groups is 1. The fraction of sp³-hybridized carbons (Fsp3) is 0.526. The number of quaternary nitrogens is 1. The van der Waals surface area contributed by atoms with Gasteiger partial charge < -0.3 is 14.6 Å². The molecular weight excluding hydrogens is 380 g/mol. The van der Waals surface area contributed by atoms with Crippen molar-refractivity contribution in [1.29, 1.82) is 0 Å². The number of amides is 1. The quantitative estimate of drug-likeness (QED) is 0.675. The summed E-state index contributed by atoms with van der Waals surface area (Å²) in [4.78, 5) is 13.7. The standard InChI is InChI=1S/C19H26N4O4S/c1-3-22(4-2)10-11-23-16-8-6-5-7-15(16)17(19(23)25)20-21-18(24)14-9-12-28(26,27)13-14/h5-8,14,25H,3-4,9-13H2,1-2H3/p+1/t14-/m0/s1. The smallest absolute Gasteiger partial charge is 0.268 e. The number of carbonyl (C=O) groups is 1. The fourth-order valence-electron chi connectivity index (χ4n) is 3.64. The number of rotatable bonds is 7. The van der Waals surface area contributed by atoms with Crippen molar-refractivity contribution in [3.63, 3.8) is 0 Å². The molecule has 0 aliphatic carbocycles. The van der Waals surface area contributed by atoms with Gasteiger partial charge in [-0.3, -0.25) is 4.79 Å². The van der Waals surface area contributed by atoms with Gasteiger partial charge in [-0.2, -0.15) is 0 Å². The van der Waals surface area contributed by atoms with E-state index in [0.29, 0.717) is 11.9 Å². The molecule has 28 heavy (non-hydrogen) atoms. The first-order valence-electron chi connectivity index (χ1n) is 9.66. The summed E-state index contributed by atoms with van der Waals surface area (Å²) in [5, 5.41) is 19.2. The van der Waals surface area contributed by atoms with Crippen molar-refractivity contribution in [1.82, 2.24) is 4.57 Å². The third-order valence-corrected chi connectivity index (χ3v) is 7.20. The Bertz CT molecular complexity index is 993. The van der Waals surface area contributed by atoms with E-state index in [9.17, 15) is 18.3 Å². The van der Waals surface area contributed by atoms with E-state index in [2.05, 4.69) is 24.1 Å². The summed E-state index contributed by atoms with van der Waals surface area (Å²) >= 11 is 0. The number of fused-ring (bicyclic) bond motifs is 1. The Hall–Kier alpha value is -2.26. The number of aromatic nitrogens is 1. The number of hydrogen-bond acceptors (Lipinski definition) is 5. The van der Waals surface area contributed by atoms with E-state index < -0.39 is 21.7 Å². The maximum Gasteiger partial charge on any atom is 0.268 e. The predicted octanol–water partition coefficient (Wildman–Crippen LogP) is 1.32. The van der Waals surface area contributed by atoms with Crippen LogP contribution in [0.25, 0.3) is 10.9 Å². The summed E-state index contributed by atoms with van der Waals surface area (Å²) < 4.78 is 24.9. The molecule has 3 rings (SSSR count). The fourth-order valence-corrected chi connectivity index (χ4v) is 5.37. The molecule has 1 aromatic carbocycles. The maximum atomic E-state index is 12.2. The summed E-state index contributed by atoms with van der Waals surface area (Å²) in [5.41, 5.74) is 1.08. The summed E-state index contributed by atoms with van der Waals surface area (Å²) in [6, 6.07) is 7.45. The molecular formula is C19H27N4O4S+. The van der Waals surface area contributed by atoms with Crippen LogP contribution in [0.3, 0.4) is 0 Å². The molecule has 0 saturated carbocycles. The maximum absolute atomic E-state index is 12.2. The Morgan fingerprint density at radius 3 is 2.64 bits per heavy atom. The Labute approximate surface area is 164 Å². The number of para-hydroxylation sites is 1. The minimum absolute atomic E-state index is 0.0111. The molecule has 0 bridgehead atoms. The number of nitrogens with one attached hydrogen (secondary N) is 1. The van der Waals surface area contributed by atoms with Gasteiger partial charge in [0.1, 0.15) is 0 Å². The largest absolute Gasteiger partial charge is 0.493 e. The first-order valence-corrected chi connectivity index (χ1v) is 11.5. The lowest BCUT2D eigenvalue weighted by atomic mass is 10.1. The van der Waals surface area contributed by atoms with E-state index in [-0.39, 0.29) is 29.5 Å². The minimum atomic E-state index is -3.16. The summed E-state index contributed by atoms with van der Waals surface area (Å²) in [6.07, 6.45) is 0.278. The van der Waals surface area contributed by atoms with Crippen molar-refractivity contribution < 1.29 is 23.2 Å². The zero-order chi connectivity index (χ0) is 20.3. The normalized spacial score (nSPS) is 19.2. The lowest BCUT2D eigenvalue weighted by Crippen LogP contribution is -3.11. The van der Waals surface area contributed by atoms with E-state index in [1.165, 1.54) is 4.90 Å². The third-order valence-electron chi connectivity index (χ3n) is 5.44. The second-order valence-corrected chi connectivity index (χ2v) is 9.42. The molecule has 1 aliphatic heterocycles. The van der Waals surface area contributed by atoms with Gasteiger partial charge in [0.05, 0.1) is 49.1 Å². The average Bonchev–Trinajstić information content (AvgIpc) is 3.18. The molecule has 1 atom stereocenters. The van der Waals surface area contributed by atoms with Crippen LogP contribution in [0.15, 0.2) is 34.5 Å². The zero-order valence-corrected chi connectivity index (χ0v) is 17.1. The van der Waals surface area contributed by atoms with Crippen LogP contribution in [-0.2, 0) is 21.2 Å². The van der Waals surface area contributed by atoms with Crippen molar-refractivity contribution in [2.45, 2.75) is 26.8 Å². The highest BCUT2D eigenvalue weighted by molar-refractivity contribution is 7.91. The molecule has 0 radical (unpaired) electrons. The molecule has 2 aromatic rings. The van der Waals surface area contributed by atoms with Crippen LogP contribution in [0, 0.1) is 5.92 Å². The Balaban J connectivity index is 1.87. The number of sulfone groups is 1. The summed E-state index contributed by atoms with van der Waals surface area (Å²) in [7, 11) is -3.16. The van der Waals surface area contributed by atoms with Gasteiger partial charge in [-0.15, -0.1) is 10.2 Å². The van der Waals surface area contributed by atoms with Gasteiger partial charge in [0.2, 0.25) is 5.88 Å². The van der Waals surface area contributed by atoms with Crippen LogP contribution < -0.4 is 4.90 Å². The first kappa shape index (κ1) is 20.5. The van der Waals surface area contributed by atoms with Gasteiger partial charge in [-0.05, 0) is 26.3 Å². The zero-order valence-electron chi connectivity index (χ0n) is 16.3. The monoisotopic (exact) mass is 407 g/mol. The molecule has 2 N–H and O–H groups in total. The molecule has 0 unspecified atom stereocenters. The number of benzene rings is 1. The SMILES string of the molecule is CC[NH+](CC)CCn1c(O)c(N=NC(=O)[C@H]2CCS(=O)(=O)C2)c2ccccc21. The lowest BCUT2D eigenvalue weighted by Gasteiger charge is -2.16. The van der Waals surface area contributed by atoms with E-state index in [0.717, 1.165) is 25.2 Å². The summed E-state index contributed by atoms with van der Waals surface area (Å²) in [5.74, 6) is -1.38. The molecule has 1 aliphatic rings. The van der Waals surface area contributed by atoms with Crippen molar-refractivity contribution in [2.24, 2.45) is 16.1 Å². The molecule has 9 heteroatoms. The van der Waals surface area contributed by atoms with Crippen molar-refractivity contribution >= 4 is 32.3 Å². The third kappa shape index (κ3) is 4.25. The van der Waals surface area contributed by atoms with Gasteiger partial charge in [-0.1, -0.05) is 18.2 Å². The van der Waals surface area contributed by atoms with Crippen LogP contribution >= 0.6 is 0 Å². The Morgan fingerprint density at radius 1 is 1.29 bits per heavy atom. The van der Waals surface area contributed by atoms with Crippen LogP contribution in [-0.4, -0.2) is 55.1 Å². The second-order valence-electron chi connectivity index (χ2n) is 7.19. The first-order chi connectivity index (χ1) is 13.4. The number of carbonyl (C=O) groups excluding carboxylic acids is 1. The summed E-state index contributed by atoms with van der Waals surface area (Å²) in [6.45, 7) is 7.73. The van der Waals surface area contributed by atoms with Gasteiger partial charge in [0.25, 0.3) is 5.91 Å². The number of nitrogens with zero attached hydrogens (tertiary/aromatic N) is 3. The number of likely N-dealkylation sites (N-methyl/N-ethyl adjacent to an activating group) is 1. The van der Waals surface area contributed by atoms with Crippen molar-refractivity contribution in [3.05, 3.63) is 24.3 Å². The van der Waals surface area contributed by atoms with Crippen molar-refractivity contribution in [3.8, 4) is 5.88 Å². The molecule has 2 heterocycles. The molecule has 1 fully saturated rings. The minimum Gasteiger partial charge on any atom is -0.493 e. The molecule has 1 amide bonds. The topological polar surface area (TPSA) is 106 Å². The Morgan fingerprint density at radius 2 is 2.00 bits per heavy atom. The highest BCUT2D eigenvalue weighted by atomic mass is 32.2. The van der Waals surface area contributed by atoms with Crippen LogP contribution in [0.4, 0.5) is 5.69 Å². The molecule has 0 spiro atoms. The molecule has 8 nitrogen and oxygen atoms in total. The highest BCUT2D eigenvalue weighted by Crippen LogP contribution is 2.38. The van der Waals surface area contributed by atoms with Crippen LogP contribution in [0.2, 0.25) is 0 Å². The number of hydrogen-bond donors (Lipinski definition) is 2. The molecule has 152 valence electrons. The van der Waals surface area contributed by atoms with E-state index in [4.69, 9.17) is 0 Å². The van der Waals surface area contributed by atoms with Crippen molar-refractivity contribution in [2.75, 3.05) is 31.1 Å². The van der Waals surface area contributed by atoms with Gasteiger partial charge in [-0.25, -0.2) is 8.42 Å². The number of aromatic hydroxyl groups is 1. The Kier molecular flexibility index (Phi) is 6.14. The lowest BCUT2D eigenvalue weighted by molar-refractivity contribution is -0.897. The van der Waals surface area contributed by atoms with E-state index in [1.54, 1.807) is 4.57 Å². The van der Waals surface area contributed by atoms with Gasteiger partial charge in [0.15, 0.2) is 15.5 Å². The highest BCUT2D eigenvalue weighted by Gasteiger charge is 2.33. The second kappa shape index (κ2) is 8.40. The van der Waals surface area contributed by atoms with Gasteiger partial charge >= 0.3 is 0 Å². The molecule has 1 saturated heterocycles. The average molecular weight is 408 g/mol. The molecule has 1 aromatic heterocycles. The predicted molar refractivity (Wildman–Crippen MR) is 107 cm³/mol. The van der Waals surface area contributed by atoms with E-state index >= 15 is 0 Å². The van der Waals surface area contributed by atoms with Crippen LogP contribution in [0.1, 0.15) is 20.3 Å².